The van der Waals surface area contributed by atoms with Crippen molar-refractivity contribution in [2.24, 2.45) is 0 Å². The van der Waals surface area contributed by atoms with Crippen LogP contribution < -0.4 is 4.90 Å². The number of nitrogens with zero attached hydrogens (tertiary/aromatic N) is 3. The Bertz CT molecular complexity index is 389. The molecule has 0 aromatic carbocycles. The highest BCUT2D eigenvalue weighted by Crippen LogP contribution is 2.30. The van der Waals surface area contributed by atoms with Gasteiger partial charge < -0.3 is 4.90 Å². The van der Waals surface area contributed by atoms with Crippen molar-refractivity contribution < 1.29 is 8.78 Å². The minimum atomic E-state index is -2.61. The third-order valence-electron chi connectivity index (χ3n) is 2.02. The van der Waals surface area contributed by atoms with E-state index >= 15 is 0 Å². The molecule has 5 heteroatoms. The van der Waals surface area contributed by atoms with Gasteiger partial charge in [-0.1, -0.05) is 6.07 Å². The number of aromatic nitrogens is 1. The molecule has 0 N–H and O–H groups in total. The Labute approximate surface area is 79.6 Å². The quantitative estimate of drug-likeness (QED) is 0.680. The van der Waals surface area contributed by atoms with Crippen molar-refractivity contribution in [1.29, 1.82) is 5.26 Å². The maximum atomic E-state index is 12.5. The maximum Gasteiger partial charge on any atom is 0.282 e. The molecule has 0 atom stereocenters. The van der Waals surface area contributed by atoms with Crippen molar-refractivity contribution in [2.45, 2.75) is 5.92 Å². The number of alkyl halides is 2. The van der Waals surface area contributed by atoms with Gasteiger partial charge in [-0.15, -0.1) is 0 Å². The van der Waals surface area contributed by atoms with Gasteiger partial charge in [-0.05, 0) is 12.1 Å². The zero-order valence-electron chi connectivity index (χ0n) is 7.24. The molecule has 14 heavy (non-hydrogen) atoms. The lowest BCUT2D eigenvalue weighted by Gasteiger charge is -2.39. The lowest BCUT2D eigenvalue weighted by atomic mass is 10.1. The maximum absolute atomic E-state index is 12.5. The minimum Gasteiger partial charge on any atom is -0.344 e. The van der Waals surface area contributed by atoms with Crippen molar-refractivity contribution >= 4 is 5.82 Å². The molecule has 3 nitrogen and oxygen atoms in total. The zero-order valence-corrected chi connectivity index (χ0v) is 7.24. The first-order valence-electron chi connectivity index (χ1n) is 4.11. The van der Waals surface area contributed by atoms with Gasteiger partial charge in [0.2, 0.25) is 0 Å². The van der Waals surface area contributed by atoms with Crippen LogP contribution in [0.1, 0.15) is 5.69 Å². The molecule has 0 saturated carbocycles. The second-order valence-electron chi connectivity index (χ2n) is 3.20. The summed E-state index contributed by atoms with van der Waals surface area (Å²) in [6, 6.07) is 6.67. The third-order valence-corrected chi connectivity index (χ3v) is 2.02. The highest BCUT2D eigenvalue weighted by atomic mass is 19.3. The molecule has 1 aromatic rings. The first kappa shape index (κ1) is 8.88. The van der Waals surface area contributed by atoms with E-state index < -0.39 is 5.92 Å². The molecule has 1 aliphatic rings. The molecule has 1 fully saturated rings. The van der Waals surface area contributed by atoms with Gasteiger partial charge in [0.25, 0.3) is 5.92 Å². The minimum absolute atomic E-state index is 0.248. The normalized spacial score (nSPS) is 18.5. The lowest BCUT2D eigenvalue weighted by Crippen LogP contribution is -2.56. The van der Waals surface area contributed by atoms with Crippen LogP contribution >= 0.6 is 0 Å². The Hall–Kier alpha value is -1.70. The highest BCUT2D eigenvalue weighted by Gasteiger charge is 2.44. The fourth-order valence-corrected chi connectivity index (χ4v) is 1.34. The fraction of sp³-hybridized carbons (Fsp3) is 0.333. The summed E-state index contributed by atoms with van der Waals surface area (Å²) in [6.45, 7) is -0.621. The first-order chi connectivity index (χ1) is 6.61. The molecular weight excluding hydrogens is 188 g/mol. The summed E-state index contributed by atoms with van der Waals surface area (Å²) in [5.41, 5.74) is 0.248. The summed E-state index contributed by atoms with van der Waals surface area (Å²) in [5, 5.41) is 8.56. The highest BCUT2D eigenvalue weighted by molar-refractivity contribution is 5.45. The molecule has 0 radical (unpaired) electrons. The monoisotopic (exact) mass is 195 g/mol. The molecule has 2 heterocycles. The number of halogens is 2. The molecule has 1 aromatic heterocycles. The van der Waals surface area contributed by atoms with Crippen molar-refractivity contribution in [3.8, 4) is 6.07 Å². The van der Waals surface area contributed by atoms with E-state index in [0.29, 0.717) is 5.82 Å². The summed E-state index contributed by atoms with van der Waals surface area (Å²) in [6.07, 6.45) is 0. The number of hydrogen-bond acceptors (Lipinski definition) is 3. The summed E-state index contributed by atoms with van der Waals surface area (Å²) < 4.78 is 25.0. The zero-order chi connectivity index (χ0) is 10.2. The second-order valence-corrected chi connectivity index (χ2v) is 3.20. The summed E-state index contributed by atoms with van der Waals surface area (Å²) in [4.78, 5) is 5.36. The van der Waals surface area contributed by atoms with Gasteiger partial charge in [-0.25, -0.2) is 13.8 Å². The van der Waals surface area contributed by atoms with Crippen LogP contribution in [0, 0.1) is 11.3 Å². The van der Waals surface area contributed by atoms with Crippen LogP contribution in [0.5, 0.6) is 0 Å². The molecular formula is C9H7F2N3. The van der Waals surface area contributed by atoms with Crippen LogP contribution in [0.3, 0.4) is 0 Å². The number of nitriles is 1. The van der Waals surface area contributed by atoms with Gasteiger partial charge in [-0.2, -0.15) is 5.26 Å². The van der Waals surface area contributed by atoms with E-state index in [-0.39, 0.29) is 18.8 Å². The molecule has 0 amide bonds. The Morgan fingerprint density at radius 3 is 2.71 bits per heavy atom. The van der Waals surface area contributed by atoms with Crippen molar-refractivity contribution in [1.82, 2.24) is 4.98 Å². The van der Waals surface area contributed by atoms with Crippen LogP contribution in [0.4, 0.5) is 14.6 Å². The smallest absolute Gasteiger partial charge is 0.282 e. The van der Waals surface area contributed by atoms with E-state index in [1.54, 1.807) is 18.2 Å². The standard InChI is InChI=1S/C9H7F2N3/c10-9(11)5-14(6-9)8-3-1-2-7(4-12)13-8/h1-3H,5-6H2. The van der Waals surface area contributed by atoms with Gasteiger partial charge >= 0.3 is 0 Å². The molecule has 0 spiro atoms. The lowest BCUT2D eigenvalue weighted by molar-refractivity contribution is -0.0267. The molecule has 0 unspecified atom stereocenters. The van der Waals surface area contributed by atoms with Gasteiger partial charge in [0, 0.05) is 0 Å². The van der Waals surface area contributed by atoms with Crippen molar-refractivity contribution in [2.75, 3.05) is 18.0 Å². The van der Waals surface area contributed by atoms with Crippen molar-refractivity contribution in [3.63, 3.8) is 0 Å². The largest absolute Gasteiger partial charge is 0.344 e. The van der Waals surface area contributed by atoms with Crippen LogP contribution in [0.2, 0.25) is 0 Å². The molecule has 1 aliphatic heterocycles. The SMILES string of the molecule is N#Cc1cccc(N2CC(F)(F)C2)n1. The summed E-state index contributed by atoms with van der Waals surface area (Å²) >= 11 is 0. The molecule has 0 bridgehead atoms. The number of anilines is 1. The second kappa shape index (κ2) is 2.91. The van der Waals surface area contributed by atoms with E-state index in [1.807, 2.05) is 6.07 Å². The molecule has 0 aliphatic carbocycles. The average Bonchev–Trinajstić information content (AvgIpc) is 2.14. The van der Waals surface area contributed by atoms with Crippen LogP contribution in [0.25, 0.3) is 0 Å². The fourth-order valence-electron chi connectivity index (χ4n) is 1.34. The van der Waals surface area contributed by atoms with Crippen LogP contribution in [-0.4, -0.2) is 24.0 Å². The van der Waals surface area contributed by atoms with E-state index in [1.165, 1.54) is 4.90 Å². The number of pyridine rings is 1. The third kappa shape index (κ3) is 1.51. The van der Waals surface area contributed by atoms with E-state index in [4.69, 9.17) is 5.26 Å². The topological polar surface area (TPSA) is 39.9 Å². The van der Waals surface area contributed by atoms with Crippen molar-refractivity contribution in [3.05, 3.63) is 23.9 Å². The number of rotatable bonds is 1. The molecule has 2 rings (SSSR count). The van der Waals surface area contributed by atoms with Gasteiger partial charge in [-0.3, -0.25) is 0 Å². The Kier molecular flexibility index (Phi) is 1.84. The predicted molar refractivity (Wildman–Crippen MR) is 46.1 cm³/mol. The van der Waals surface area contributed by atoms with Crippen LogP contribution in [-0.2, 0) is 0 Å². The Balaban J connectivity index is 2.16. The summed E-state index contributed by atoms with van der Waals surface area (Å²) in [5.74, 6) is -2.17. The first-order valence-corrected chi connectivity index (χ1v) is 4.11. The summed E-state index contributed by atoms with van der Waals surface area (Å²) in [7, 11) is 0. The van der Waals surface area contributed by atoms with E-state index in [0.717, 1.165) is 0 Å². The van der Waals surface area contributed by atoms with Gasteiger partial charge in [0.05, 0.1) is 13.1 Å². The Morgan fingerprint density at radius 1 is 1.43 bits per heavy atom. The Morgan fingerprint density at radius 2 is 2.14 bits per heavy atom. The van der Waals surface area contributed by atoms with E-state index in [2.05, 4.69) is 4.98 Å². The average molecular weight is 195 g/mol. The predicted octanol–water partition coefficient (Wildman–Crippen LogP) is 1.41. The van der Waals surface area contributed by atoms with E-state index in [9.17, 15) is 8.78 Å². The van der Waals surface area contributed by atoms with Crippen LogP contribution in [0.15, 0.2) is 18.2 Å². The number of hydrogen-bond donors (Lipinski definition) is 0. The molecule has 1 saturated heterocycles. The van der Waals surface area contributed by atoms with Gasteiger partial charge in [0.1, 0.15) is 17.6 Å². The van der Waals surface area contributed by atoms with Gasteiger partial charge in [0.15, 0.2) is 0 Å². The molecule has 72 valence electrons.